The Morgan fingerprint density at radius 1 is 1.03 bits per heavy atom. The number of ketones is 1. The van der Waals surface area contributed by atoms with Gasteiger partial charge in [-0.05, 0) is 63.2 Å². The van der Waals surface area contributed by atoms with E-state index in [0.29, 0.717) is 24.9 Å². The molecule has 5 unspecified atom stereocenters. The molecule has 0 bridgehead atoms. The number of aromatic carboxylic acids is 1. The van der Waals surface area contributed by atoms with Crippen LogP contribution in [0.2, 0.25) is 20.1 Å². The number of rotatable bonds is 2. The number of alkyl halides is 2. The quantitative estimate of drug-likeness (QED) is 0.140. The summed E-state index contributed by atoms with van der Waals surface area (Å²) in [5, 5.41) is 24.3. The van der Waals surface area contributed by atoms with Gasteiger partial charge >= 0.3 is 103 Å². The smallest absolute Gasteiger partial charge is 0.871 e. The third-order valence-electron chi connectivity index (χ3n) is 5.77. The summed E-state index contributed by atoms with van der Waals surface area (Å²) in [6.07, 6.45) is -0.214. The van der Waals surface area contributed by atoms with Crippen LogP contribution in [-0.2, 0) is 4.79 Å². The van der Waals surface area contributed by atoms with Crippen molar-refractivity contribution in [1.82, 2.24) is 0 Å². The Bertz CT molecular complexity index is 1240. The Hall–Kier alpha value is 4.53. The summed E-state index contributed by atoms with van der Waals surface area (Å²) in [5.41, 5.74) is 0.350. The molecule has 2 aliphatic rings. The summed E-state index contributed by atoms with van der Waals surface area (Å²) >= 11 is 33.4. The molecule has 0 aromatic heterocycles. The average Bonchev–Trinajstić information content (AvgIpc) is 2.76. The minimum atomic E-state index is -1.56. The van der Waals surface area contributed by atoms with Crippen molar-refractivity contribution in [2.75, 3.05) is 0 Å². The summed E-state index contributed by atoms with van der Waals surface area (Å²) in [4.78, 5) is 25.0. The number of benzene rings is 2. The molecule has 35 heavy (non-hydrogen) atoms. The molecule has 5 nitrogen and oxygen atoms in total. The van der Waals surface area contributed by atoms with E-state index in [1.54, 1.807) is 6.07 Å². The van der Waals surface area contributed by atoms with Gasteiger partial charge in [0.1, 0.15) is 15.8 Å². The monoisotopic (exact) mass is 1050 g/mol. The van der Waals surface area contributed by atoms with Crippen LogP contribution in [0, 0.1) is 13.1 Å². The first-order valence-corrected chi connectivity index (χ1v) is 15.3. The maximum Gasteiger partial charge on any atom is 1.00 e. The van der Waals surface area contributed by atoms with Crippen LogP contribution >= 0.6 is 137 Å². The van der Waals surface area contributed by atoms with Gasteiger partial charge in [-0.1, -0.05) is 97.3 Å². The fourth-order valence-electron chi connectivity index (χ4n) is 4.34. The number of carboxylic acid groups (broad SMARTS) is 1. The van der Waals surface area contributed by atoms with Crippen LogP contribution in [0.3, 0.4) is 0 Å². The predicted molar refractivity (Wildman–Crippen MR) is 157 cm³/mol. The molecule has 1 saturated carbocycles. The molecule has 176 valence electrons. The molecule has 4 rings (SSSR count). The molecular formula is C20H8Cl4I4K2O5. The van der Waals surface area contributed by atoms with Crippen LogP contribution in [-0.4, -0.2) is 25.7 Å². The molecule has 1 aliphatic heterocycles. The maximum absolute atomic E-state index is 12.8. The van der Waals surface area contributed by atoms with Crippen molar-refractivity contribution < 1.29 is 127 Å². The number of ether oxygens (including phenoxy) is 1. The van der Waals surface area contributed by atoms with E-state index < -0.39 is 21.9 Å². The van der Waals surface area contributed by atoms with Crippen LogP contribution in [0.1, 0.15) is 33.8 Å². The fraction of sp³-hybridized carbons (Fsp3) is 0.300. The molecule has 0 N–H and O–H groups in total. The van der Waals surface area contributed by atoms with E-state index in [9.17, 15) is 19.8 Å². The van der Waals surface area contributed by atoms with Gasteiger partial charge in [0.15, 0.2) is 5.78 Å². The third-order valence-corrected chi connectivity index (χ3v) is 11.8. The van der Waals surface area contributed by atoms with Gasteiger partial charge in [-0.15, -0.1) is 0 Å². The van der Waals surface area contributed by atoms with Crippen LogP contribution in [0.15, 0.2) is 6.07 Å². The number of fused-ring (bicyclic) bond motifs is 2. The zero-order valence-electron chi connectivity index (χ0n) is 17.7. The molecule has 2 aromatic rings. The largest absolute Gasteiger partial charge is 1.00 e. The Morgan fingerprint density at radius 3 is 2.17 bits per heavy atom. The van der Waals surface area contributed by atoms with Crippen LogP contribution < -0.4 is 118 Å². The van der Waals surface area contributed by atoms with Crippen molar-refractivity contribution in [2.45, 2.75) is 26.3 Å². The van der Waals surface area contributed by atoms with Crippen molar-refractivity contribution in [2.24, 2.45) is 5.92 Å². The Labute approximate surface area is 361 Å². The van der Waals surface area contributed by atoms with Gasteiger partial charge in [-0.3, -0.25) is 4.79 Å². The zero-order valence-corrected chi connectivity index (χ0v) is 35.6. The first-order chi connectivity index (χ1) is 15.4. The van der Waals surface area contributed by atoms with Gasteiger partial charge < -0.3 is 19.7 Å². The van der Waals surface area contributed by atoms with Crippen molar-refractivity contribution in [1.29, 1.82) is 0 Å². The predicted octanol–water partition coefficient (Wildman–Crippen LogP) is 0.0436. The van der Waals surface area contributed by atoms with Gasteiger partial charge in [0.2, 0.25) is 0 Å². The average molecular weight is 1060 g/mol. The molecule has 0 amide bonds. The second kappa shape index (κ2) is 14.3. The van der Waals surface area contributed by atoms with Crippen LogP contribution in [0.4, 0.5) is 0 Å². The van der Waals surface area contributed by atoms with Gasteiger partial charge in [-0.25, -0.2) is 0 Å². The first kappa shape index (κ1) is 35.7. The second-order valence-electron chi connectivity index (χ2n) is 7.48. The van der Waals surface area contributed by atoms with Crippen LogP contribution in [0.5, 0.6) is 11.5 Å². The SMILES string of the molecule is O=C([O-])c1c(Cl)c(Cl)c(Cl)c(Cl)c1C1c2cc(I)c([O-])c(I)c2OC2C(I)C(=O)C(I)CC12.[K+].[K+]. The molecule has 1 heterocycles. The van der Waals surface area contributed by atoms with E-state index >= 15 is 0 Å². The molecule has 1 fully saturated rings. The summed E-state index contributed by atoms with van der Waals surface area (Å²) < 4.78 is 6.20. The minimum absolute atomic E-state index is 0. The number of carbonyl (C=O) groups excluding carboxylic acids is 2. The van der Waals surface area contributed by atoms with Gasteiger partial charge in [-0.2, -0.15) is 0 Å². The zero-order chi connectivity index (χ0) is 24.5. The fourth-order valence-corrected chi connectivity index (χ4v) is 10.0. The summed E-state index contributed by atoms with van der Waals surface area (Å²) in [6, 6.07) is 1.66. The molecule has 2 aromatic carbocycles. The molecule has 0 radical (unpaired) electrons. The summed E-state index contributed by atoms with van der Waals surface area (Å²) in [7, 11) is 0. The molecular weight excluding hydrogens is 1050 g/mol. The number of carboxylic acids is 1. The number of carbonyl (C=O) groups is 2. The van der Waals surface area contributed by atoms with Crippen molar-refractivity contribution in [3.8, 4) is 11.5 Å². The van der Waals surface area contributed by atoms with E-state index in [-0.39, 0.29) is 155 Å². The molecule has 1 aliphatic carbocycles. The van der Waals surface area contributed by atoms with Gasteiger partial charge in [0, 0.05) is 30.1 Å². The number of halogens is 8. The number of hydrogen-bond acceptors (Lipinski definition) is 5. The molecule has 0 saturated heterocycles. The maximum atomic E-state index is 12.8. The standard InChI is InChI=1S/C20H10Cl4I4O5.2K/c21-10-8(9(20(31)32)11(22)13(24)12(10)23)7-3-1-5(25)16(29)14(27)18(3)33-19-4(7)2-6(26)17(30)15(19)28;;/h1,4,6-7,15,19,29H,2H2,(H,31,32);;/q;2*+1/p-2. The minimum Gasteiger partial charge on any atom is -0.871 e. The van der Waals surface area contributed by atoms with Gasteiger partial charge in [0.25, 0.3) is 0 Å². The van der Waals surface area contributed by atoms with Gasteiger partial charge in [0.05, 0.1) is 30.0 Å². The molecule has 15 heteroatoms. The van der Waals surface area contributed by atoms with E-state index in [4.69, 9.17) is 51.1 Å². The van der Waals surface area contributed by atoms with E-state index in [2.05, 4.69) is 22.6 Å². The third kappa shape index (κ3) is 6.56. The first-order valence-electron chi connectivity index (χ1n) is 9.13. The summed E-state index contributed by atoms with van der Waals surface area (Å²) in [5.74, 6) is -2.50. The summed E-state index contributed by atoms with van der Waals surface area (Å²) in [6.45, 7) is 0. The Morgan fingerprint density at radius 2 is 1.60 bits per heavy atom. The van der Waals surface area contributed by atoms with Crippen molar-refractivity contribution in [3.63, 3.8) is 0 Å². The Kier molecular flexibility index (Phi) is 14.6. The van der Waals surface area contributed by atoms with E-state index in [0.717, 1.165) is 0 Å². The van der Waals surface area contributed by atoms with Crippen molar-refractivity contribution >= 4 is 149 Å². The molecule has 5 atom stereocenters. The van der Waals surface area contributed by atoms with E-state index in [1.807, 2.05) is 67.8 Å². The number of hydrogen-bond donors (Lipinski definition) is 0. The van der Waals surface area contributed by atoms with E-state index in [1.165, 1.54) is 0 Å². The second-order valence-corrected chi connectivity index (χ2v) is 14.1. The van der Waals surface area contributed by atoms with Crippen LogP contribution in [0.25, 0.3) is 0 Å². The topological polar surface area (TPSA) is 89.5 Å². The molecule has 0 spiro atoms. The Balaban J connectivity index is 0.00000216. The normalized spacial score (nSPS) is 24.9. The van der Waals surface area contributed by atoms with Crippen molar-refractivity contribution in [3.05, 3.63) is 50.0 Å². The number of Topliss-reactive ketones (excluding diaryl/α,β-unsaturated/α-hetero) is 1.